The monoisotopic (exact) mass is 282 g/mol. The quantitative estimate of drug-likeness (QED) is 0.534. The van der Waals surface area contributed by atoms with Crippen LogP contribution in [0.5, 0.6) is 0 Å². The molecule has 0 saturated heterocycles. The minimum absolute atomic E-state index is 0.193. The molecule has 0 radical (unpaired) electrons. The van der Waals surface area contributed by atoms with Gasteiger partial charge in [0.15, 0.2) is 0 Å². The van der Waals surface area contributed by atoms with E-state index in [2.05, 4.69) is 6.92 Å². The summed E-state index contributed by atoms with van der Waals surface area (Å²) < 4.78 is 5.43. The molecule has 0 N–H and O–H groups in total. The van der Waals surface area contributed by atoms with Crippen molar-refractivity contribution in [1.29, 1.82) is 0 Å². The highest BCUT2D eigenvalue weighted by Gasteiger charge is 2.21. The van der Waals surface area contributed by atoms with E-state index in [4.69, 9.17) is 4.74 Å². The standard InChI is InChI=1S/C16H26O2S/c1-6-7-8-9-10-14-12(2)13(11-19-14)15(17)18-16(3,4)5/h11H,6-10H2,1-5H3. The van der Waals surface area contributed by atoms with Crippen LogP contribution in [0.15, 0.2) is 5.38 Å². The molecule has 0 unspecified atom stereocenters. The average Bonchev–Trinajstić information content (AvgIpc) is 2.64. The Labute approximate surface area is 121 Å². The van der Waals surface area contributed by atoms with Gasteiger partial charge in [-0.1, -0.05) is 26.2 Å². The molecule has 108 valence electrons. The SMILES string of the molecule is CCCCCCc1scc(C(=O)OC(C)(C)C)c1C. The summed E-state index contributed by atoms with van der Waals surface area (Å²) in [6, 6.07) is 0. The fourth-order valence-corrected chi connectivity index (χ4v) is 3.03. The molecule has 1 aromatic rings. The van der Waals surface area contributed by atoms with E-state index in [-0.39, 0.29) is 5.97 Å². The van der Waals surface area contributed by atoms with Crippen molar-refractivity contribution in [2.24, 2.45) is 0 Å². The van der Waals surface area contributed by atoms with Crippen LogP contribution >= 0.6 is 11.3 Å². The molecule has 0 aliphatic heterocycles. The average molecular weight is 282 g/mol. The number of esters is 1. The first kappa shape index (κ1) is 16.2. The Morgan fingerprint density at radius 2 is 1.95 bits per heavy atom. The van der Waals surface area contributed by atoms with E-state index < -0.39 is 5.60 Å². The molecule has 3 heteroatoms. The highest BCUT2D eigenvalue weighted by atomic mass is 32.1. The first-order valence-corrected chi connectivity index (χ1v) is 8.03. The van der Waals surface area contributed by atoms with E-state index in [0.717, 1.165) is 17.5 Å². The third-order valence-corrected chi connectivity index (χ3v) is 4.17. The van der Waals surface area contributed by atoms with Crippen molar-refractivity contribution in [1.82, 2.24) is 0 Å². The predicted octanol–water partition coefficient (Wildman–Crippen LogP) is 5.13. The maximum absolute atomic E-state index is 12.1. The second-order valence-corrected chi connectivity index (χ2v) is 6.97. The lowest BCUT2D eigenvalue weighted by molar-refractivity contribution is 0.00693. The maximum Gasteiger partial charge on any atom is 0.339 e. The number of aryl methyl sites for hydroxylation is 1. The summed E-state index contributed by atoms with van der Waals surface area (Å²) in [5.74, 6) is -0.193. The third-order valence-electron chi connectivity index (χ3n) is 3.02. The van der Waals surface area contributed by atoms with Gasteiger partial charge in [0.25, 0.3) is 0 Å². The second kappa shape index (κ2) is 7.09. The number of rotatable bonds is 6. The number of carbonyl (C=O) groups excluding carboxylic acids is 1. The van der Waals surface area contributed by atoms with Gasteiger partial charge in [-0.15, -0.1) is 11.3 Å². The first-order valence-electron chi connectivity index (χ1n) is 7.15. The molecule has 0 aromatic carbocycles. The molecule has 0 bridgehead atoms. The summed E-state index contributed by atoms with van der Waals surface area (Å²) in [6.45, 7) is 9.96. The van der Waals surface area contributed by atoms with Crippen molar-refractivity contribution in [2.45, 2.75) is 72.3 Å². The van der Waals surface area contributed by atoms with Gasteiger partial charge in [-0.3, -0.25) is 0 Å². The highest BCUT2D eigenvalue weighted by molar-refractivity contribution is 7.10. The summed E-state index contributed by atoms with van der Waals surface area (Å²) in [7, 11) is 0. The van der Waals surface area contributed by atoms with Gasteiger partial charge in [0.1, 0.15) is 5.60 Å². The minimum atomic E-state index is -0.424. The molecular formula is C16H26O2S. The van der Waals surface area contributed by atoms with E-state index in [1.807, 2.05) is 33.1 Å². The topological polar surface area (TPSA) is 26.3 Å². The summed E-state index contributed by atoms with van der Waals surface area (Å²) in [4.78, 5) is 13.4. The minimum Gasteiger partial charge on any atom is -0.456 e. The number of ether oxygens (including phenoxy) is 1. The van der Waals surface area contributed by atoms with Crippen molar-refractivity contribution in [3.8, 4) is 0 Å². The molecule has 1 rings (SSSR count). The Balaban J connectivity index is 2.62. The van der Waals surface area contributed by atoms with Crippen LogP contribution in [-0.2, 0) is 11.2 Å². The van der Waals surface area contributed by atoms with Gasteiger partial charge < -0.3 is 4.74 Å². The summed E-state index contributed by atoms with van der Waals surface area (Å²) in [5.41, 5.74) is 1.42. The van der Waals surface area contributed by atoms with Crippen LogP contribution in [0.1, 0.15) is 74.2 Å². The van der Waals surface area contributed by atoms with Gasteiger partial charge in [0, 0.05) is 10.3 Å². The zero-order valence-corrected chi connectivity index (χ0v) is 13.7. The third kappa shape index (κ3) is 5.35. The molecule has 1 heterocycles. The number of hydrogen-bond donors (Lipinski definition) is 0. The Bertz CT molecular complexity index is 413. The molecule has 2 nitrogen and oxygen atoms in total. The fraction of sp³-hybridized carbons (Fsp3) is 0.688. The van der Waals surface area contributed by atoms with Crippen LogP contribution < -0.4 is 0 Å². The summed E-state index contributed by atoms with van der Waals surface area (Å²) in [5, 5.41) is 1.94. The van der Waals surface area contributed by atoms with Gasteiger partial charge in [-0.25, -0.2) is 4.79 Å². The molecule has 0 amide bonds. The van der Waals surface area contributed by atoms with Gasteiger partial charge in [0.2, 0.25) is 0 Å². The summed E-state index contributed by atoms with van der Waals surface area (Å²) in [6.07, 6.45) is 6.12. The lowest BCUT2D eigenvalue weighted by atomic mass is 10.1. The maximum atomic E-state index is 12.1. The molecule has 0 spiro atoms. The second-order valence-electron chi connectivity index (χ2n) is 6.01. The predicted molar refractivity (Wildman–Crippen MR) is 82.1 cm³/mol. The van der Waals surface area contributed by atoms with Crippen LogP contribution in [0, 0.1) is 6.92 Å². The smallest absolute Gasteiger partial charge is 0.339 e. The van der Waals surface area contributed by atoms with Crippen LogP contribution in [0.2, 0.25) is 0 Å². The van der Waals surface area contributed by atoms with Crippen molar-refractivity contribution >= 4 is 17.3 Å². The van der Waals surface area contributed by atoms with Crippen LogP contribution in [-0.4, -0.2) is 11.6 Å². The Morgan fingerprint density at radius 1 is 1.26 bits per heavy atom. The zero-order valence-electron chi connectivity index (χ0n) is 12.8. The highest BCUT2D eigenvalue weighted by Crippen LogP contribution is 2.26. The van der Waals surface area contributed by atoms with Gasteiger partial charge in [0.05, 0.1) is 5.56 Å². The molecule has 1 aromatic heterocycles. The van der Waals surface area contributed by atoms with E-state index >= 15 is 0 Å². The zero-order chi connectivity index (χ0) is 14.5. The van der Waals surface area contributed by atoms with Crippen molar-refractivity contribution in [3.05, 3.63) is 21.4 Å². The molecule has 0 aliphatic carbocycles. The molecule has 19 heavy (non-hydrogen) atoms. The molecule has 0 saturated carbocycles. The number of carbonyl (C=O) groups is 1. The Morgan fingerprint density at radius 3 is 2.53 bits per heavy atom. The lowest BCUT2D eigenvalue weighted by Gasteiger charge is -2.19. The summed E-state index contributed by atoms with van der Waals surface area (Å²) >= 11 is 1.69. The van der Waals surface area contributed by atoms with Crippen molar-refractivity contribution < 1.29 is 9.53 Å². The fourth-order valence-electron chi connectivity index (χ4n) is 1.95. The Kier molecular flexibility index (Phi) is 6.05. The molecule has 0 fully saturated rings. The van der Waals surface area contributed by atoms with Crippen LogP contribution in [0.4, 0.5) is 0 Å². The van der Waals surface area contributed by atoms with Crippen LogP contribution in [0.3, 0.4) is 0 Å². The first-order chi connectivity index (χ1) is 8.85. The van der Waals surface area contributed by atoms with Gasteiger partial charge in [-0.2, -0.15) is 0 Å². The van der Waals surface area contributed by atoms with Gasteiger partial charge in [-0.05, 0) is 46.1 Å². The van der Waals surface area contributed by atoms with E-state index in [0.29, 0.717) is 0 Å². The number of hydrogen-bond acceptors (Lipinski definition) is 3. The molecular weight excluding hydrogens is 256 g/mol. The van der Waals surface area contributed by atoms with E-state index in [9.17, 15) is 4.79 Å². The number of unbranched alkanes of at least 4 members (excludes halogenated alkanes) is 3. The van der Waals surface area contributed by atoms with Gasteiger partial charge >= 0.3 is 5.97 Å². The largest absolute Gasteiger partial charge is 0.456 e. The van der Waals surface area contributed by atoms with Crippen LogP contribution in [0.25, 0.3) is 0 Å². The van der Waals surface area contributed by atoms with Crippen molar-refractivity contribution in [3.63, 3.8) is 0 Å². The van der Waals surface area contributed by atoms with E-state index in [1.165, 1.54) is 30.6 Å². The lowest BCUT2D eigenvalue weighted by Crippen LogP contribution is -2.24. The molecule has 0 aliphatic rings. The molecule has 0 atom stereocenters. The van der Waals surface area contributed by atoms with E-state index in [1.54, 1.807) is 11.3 Å². The van der Waals surface area contributed by atoms with Crippen molar-refractivity contribution in [2.75, 3.05) is 0 Å². The Hall–Kier alpha value is -0.830. The number of thiophene rings is 1. The normalized spacial score (nSPS) is 11.6.